The van der Waals surface area contributed by atoms with Crippen molar-refractivity contribution in [1.29, 1.82) is 0 Å². The summed E-state index contributed by atoms with van der Waals surface area (Å²) < 4.78 is 7.24. The Balaban J connectivity index is 1.57. The second-order valence-electron chi connectivity index (χ2n) is 5.67. The lowest BCUT2D eigenvalue weighted by molar-refractivity contribution is 0.243. The summed E-state index contributed by atoms with van der Waals surface area (Å²) in [6.07, 6.45) is 1.65. The number of fused-ring (bicyclic) bond motifs is 1. The predicted octanol–water partition coefficient (Wildman–Crippen LogP) is 2.78. The number of amides is 2. The number of carbonyl (C=O) groups is 1. The molecule has 24 heavy (non-hydrogen) atoms. The maximum absolute atomic E-state index is 12.2. The van der Waals surface area contributed by atoms with Crippen LogP contribution < -0.4 is 15.4 Å². The zero-order valence-corrected chi connectivity index (χ0v) is 14.4. The van der Waals surface area contributed by atoms with Gasteiger partial charge in [-0.15, -0.1) is 0 Å². The van der Waals surface area contributed by atoms with Gasteiger partial charge in [-0.2, -0.15) is 5.10 Å². The SMILES string of the molecule is CCOc1ccc(NC(=O)NC2CCc3nc(C)nn3C2)cc1Cl. The highest BCUT2D eigenvalue weighted by Crippen LogP contribution is 2.27. The van der Waals surface area contributed by atoms with Crippen LogP contribution in [0.1, 0.15) is 25.0 Å². The molecule has 0 spiro atoms. The summed E-state index contributed by atoms with van der Waals surface area (Å²) in [5, 5.41) is 10.6. The topological polar surface area (TPSA) is 81.1 Å². The molecule has 1 aliphatic rings. The first-order valence-electron chi connectivity index (χ1n) is 7.95. The van der Waals surface area contributed by atoms with Crippen LogP contribution in [0.15, 0.2) is 18.2 Å². The Morgan fingerprint density at radius 1 is 1.50 bits per heavy atom. The molecule has 0 bridgehead atoms. The Hall–Kier alpha value is -2.28. The molecule has 7 nitrogen and oxygen atoms in total. The molecule has 8 heteroatoms. The molecule has 0 radical (unpaired) electrons. The van der Waals surface area contributed by atoms with Gasteiger partial charge in [0.25, 0.3) is 0 Å². The maximum atomic E-state index is 12.2. The summed E-state index contributed by atoms with van der Waals surface area (Å²) in [6, 6.07) is 4.94. The molecule has 0 saturated carbocycles. The van der Waals surface area contributed by atoms with Crippen molar-refractivity contribution in [2.45, 2.75) is 39.3 Å². The van der Waals surface area contributed by atoms with Gasteiger partial charge < -0.3 is 15.4 Å². The number of ether oxygens (including phenoxy) is 1. The van der Waals surface area contributed by atoms with E-state index in [1.807, 2.05) is 18.5 Å². The molecule has 1 aromatic heterocycles. The Morgan fingerprint density at radius 3 is 3.08 bits per heavy atom. The Labute approximate surface area is 145 Å². The minimum atomic E-state index is -0.263. The highest BCUT2D eigenvalue weighted by Gasteiger charge is 2.22. The van der Waals surface area contributed by atoms with Crippen LogP contribution in [0.25, 0.3) is 0 Å². The van der Waals surface area contributed by atoms with Crippen LogP contribution in [0.4, 0.5) is 10.5 Å². The quantitative estimate of drug-likeness (QED) is 0.889. The number of aryl methyl sites for hydroxylation is 2. The number of nitrogens with one attached hydrogen (secondary N) is 2. The molecule has 0 fully saturated rings. The van der Waals surface area contributed by atoms with Gasteiger partial charge in [-0.25, -0.2) is 14.5 Å². The fraction of sp³-hybridized carbons (Fsp3) is 0.438. The molecule has 0 saturated heterocycles. The van der Waals surface area contributed by atoms with E-state index in [-0.39, 0.29) is 12.1 Å². The number of aromatic nitrogens is 3. The van der Waals surface area contributed by atoms with Gasteiger partial charge in [0.15, 0.2) is 0 Å². The van der Waals surface area contributed by atoms with Crippen LogP contribution in [0.2, 0.25) is 5.02 Å². The number of carbonyl (C=O) groups excluding carboxylic acids is 1. The van der Waals surface area contributed by atoms with E-state index in [2.05, 4.69) is 20.7 Å². The Morgan fingerprint density at radius 2 is 2.33 bits per heavy atom. The summed E-state index contributed by atoms with van der Waals surface area (Å²) in [6.45, 7) is 4.93. The highest BCUT2D eigenvalue weighted by atomic mass is 35.5. The second kappa shape index (κ2) is 7.09. The molecule has 2 amide bonds. The molecule has 1 unspecified atom stereocenters. The van der Waals surface area contributed by atoms with Crippen molar-refractivity contribution in [2.24, 2.45) is 0 Å². The van der Waals surface area contributed by atoms with E-state index in [1.165, 1.54) is 0 Å². The summed E-state index contributed by atoms with van der Waals surface area (Å²) in [7, 11) is 0. The third kappa shape index (κ3) is 3.79. The molecule has 1 aliphatic heterocycles. The third-order valence-electron chi connectivity index (χ3n) is 3.79. The monoisotopic (exact) mass is 349 g/mol. The maximum Gasteiger partial charge on any atom is 0.319 e. The molecule has 0 aliphatic carbocycles. The molecule has 128 valence electrons. The van der Waals surface area contributed by atoms with E-state index >= 15 is 0 Å². The second-order valence-corrected chi connectivity index (χ2v) is 6.08. The van der Waals surface area contributed by atoms with Crippen LogP contribution in [-0.4, -0.2) is 33.4 Å². The molecule has 2 heterocycles. The Kier molecular flexibility index (Phi) is 4.89. The molecule has 2 aromatic rings. The molecular weight excluding hydrogens is 330 g/mol. The first-order chi connectivity index (χ1) is 11.5. The van der Waals surface area contributed by atoms with Gasteiger partial charge in [-0.05, 0) is 38.5 Å². The number of hydrogen-bond acceptors (Lipinski definition) is 4. The van der Waals surface area contributed by atoms with E-state index in [0.29, 0.717) is 29.6 Å². The third-order valence-corrected chi connectivity index (χ3v) is 4.08. The number of hydrogen-bond donors (Lipinski definition) is 2. The first kappa shape index (κ1) is 16.6. The summed E-state index contributed by atoms with van der Waals surface area (Å²) >= 11 is 6.13. The fourth-order valence-electron chi connectivity index (χ4n) is 2.76. The average Bonchev–Trinajstić information content (AvgIpc) is 2.89. The van der Waals surface area contributed by atoms with Crippen LogP contribution >= 0.6 is 11.6 Å². The van der Waals surface area contributed by atoms with Crippen LogP contribution in [0.5, 0.6) is 5.75 Å². The molecular formula is C16H20ClN5O2. The van der Waals surface area contributed by atoms with E-state index in [0.717, 1.165) is 24.5 Å². The van der Waals surface area contributed by atoms with Gasteiger partial charge in [0, 0.05) is 12.1 Å². The van der Waals surface area contributed by atoms with E-state index in [9.17, 15) is 4.79 Å². The molecule has 1 aromatic carbocycles. The van der Waals surface area contributed by atoms with Crippen molar-refractivity contribution in [1.82, 2.24) is 20.1 Å². The zero-order valence-electron chi connectivity index (χ0n) is 13.7. The zero-order chi connectivity index (χ0) is 17.1. The standard InChI is InChI=1S/C16H20ClN5O2/c1-3-24-14-6-4-11(8-13(14)17)19-16(23)20-12-5-7-15-18-10(2)21-22(15)9-12/h4,6,8,12H,3,5,7,9H2,1-2H3,(H2,19,20,23). The smallest absolute Gasteiger partial charge is 0.319 e. The van der Waals surface area contributed by atoms with Crippen molar-refractivity contribution in [3.8, 4) is 5.75 Å². The van der Waals surface area contributed by atoms with Crippen molar-refractivity contribution in [2.75, 3.05) is 11.9 Å². The van der Waals surface area contributed by atoms with Crippen LogP contribution in [0.3, 0.4) is 0 Å². The Bertz CT molecular complexity index is 746. The molecule has 3 rings (SSSR count). The lowest BCUT2D eigenvalue weighted by Crippen LogP contribution is -2.43. The van der Waals surface area contributed by atoms with Crippen molar-refractivity contribution >= 4 is 23.3 Å². The molecule has 1 atom stereocenters. The van der Waals surface area contributed by atoms with Crippen molar-refractivity contribution in [3.63, 3.8) is 0 Å². The van der Waals surface area contributed by atoms with E-state index in [1.54, 1.807) is 18.2 Å². The molecule has 2 N–H and O–H groups in total. The van der Waals surface area contributed by atoms with Crippen LogP contribution in [0, 0.1) is 6.92 Å². The minimum Gasteiger partial charge on any atom is -0.492 e. The normalized spacial score (nSPS) is 16.4. The largest absolute Gasteiger partial charge is 0.492 e. The van der Waals surface area contributed by atoms with Crippen molar-refractivity contribution in [3.05, 3.63) is 34.9 Å². The van der Waals surface area contributed by atoms with Gasteiger partial charge >= 0.3 is 6.03 Å². The first-order valence-corrected chi connectivity index (χ1v) is 8.33. The number of nitrogens with zero attached hydrogens (tertiary/aromatic N) is 3. The van der Waals surface area contributed by atoms with Gasteiger partial charge in [0.2, 0.25) is 0 Å². The minimum absolute atomic E-state index is 0.0248. The predicted molar refractivity (Wildman–Crippen MR) is 91.6 cm³/mol. The van der Waals surface area contributed by atoms with E-state index < -0.39 is 0 Å². The van der Waals surface area contributed by atoms with Crippen molar-refractivity contribution < 1.29 is 9.53 Å². The summed E-state index contributed by atoms with van der Waals surface area (Å²) in [4.78, 5) is 16.5. The number of benzene rings is 1. The summed E-state index contributed by atoms with van der Waals surface area (Å²) in [5.41, 5.74) is 0.619. The number of anilines is 1. The number of rotatable bonds is 4. The summed E-state index contributed by atoms with van der Waals surface area (Å²) in [5.74, 6) is 2.34. The number of urea groups is 1. The average molecular weight is 350 g/mol. The van der Waals surface area contributed by atoms with E-state index in [4.69, 9.17) is 16.3 Å². The van der Waals surface area contributed by atoms with Gasteiger partial charge in [0.1, 0.15) is 17.4 Å². The van der Waals surface area contributed by atoms with Gasteiger partial charge in [-0.3, -0.25) is 0 Å². The van der Waals surface area contributed by atoms with Crippen LogP contribution in [-0.2, 0) is 13.0 Å². The van der Waals surface area contributed by atoms with Gasteiger partial charge in [-0.1, -0.05) is 11.6 Å². The lowest BCUT2D eigenvalue weighted by Gasteiger charge is -2.23. The lowest BCUT2D eigenvalue weighted by atomic mass is 10.1. The highest BCUT2D eigenvalue weighted by molar-refractivity contribution is 6.32. The van der Waals surface area contributed by atoms with Gasteiger partial charge in [0.05, 0.1) is 24.2 Å². The fourth-order valence-corrected chi connectivity index (χ4v) is 2.99. The number of halogens is 1.